The van der Waals surface area contributed by atoms with Crippen molar-refractivity contribution in [3.63, 3.8) is 0 Å². The lowest BCUT2D eigenvalue weighted by atomic mass is 9.74. The molecule has 1 aliphatic carbocycles. The third-order valence-corrected chi connectivity index (χ3v) is 4.23. The Hall–Kier alpha value is -0.370. The summed E-state index contributed by atoms with van der Waals surface area (Å²) >= 11 is 0. The molecule has 0 bridgehead atoms. The van der Waals surface area contributed by atoms with Gasteiger partial charge in [-0.1, -0.05) is 19.8 Å². The summed E-state index contributed by atoms with van der Waals surface area (Å²) in [6, 6.07) is 0. The Balaban J connectivity index is 1.78. The van der Waals surface area contributed by atoms with Gasteiger partial charge in [0.05, 0.1) is 6.61 Å². The maximum absolute atomic E-state index is 10.6. The fourth-order valence-electron chi connectivity index (χ4n) is 3.03. The predicted octanol–water partition coefficient (Wildman–Crippen LogP) is 2.81. The number of carbonyl (C=O) groups is 1. The minimum absolute atomic E-state index is 0.108. The second kappa shape index (κ2) is 5.11. The van der Waals surface area contributed by atoms with Gasteiger partial charge in [0.1, 0.15) is 12.4 Å². The molecule has 0 aromatic heterocycles. The first-order valence-electron chi connectivity index (χ1n) is 6.36. The van der Waals surface area contributed by atoms with Crippen LogP contribution in [0.25, 0.3) is 0 Å². The molecule has 0 radical (unpaired) electrons. The minimum Gasteiger partial charge on any atom is -0.370 e. The van der Waals surface area contributed by atoms with Crippen molar-refractivity contribution in [3.05, 3.63) is 0 Å². The Kier molecular flexibility index (Phi) is 3.79. The van der Waals surface area contributed by atoms with Crippen molar-refractivity contribution in [1.82, 2.24) is 0 Å². The van der Waals surface area contributed by atoms with E-state index in [-0.39, 0.29) is 6.10 Å². The van der Waals surface area contributed by atoms with Crippen LogP contribution in [0.15, 0.2) is 0 Å². The molecule has 86 valence electrons. The molecule has 1 saturated carbocycles. The fourth-order valence-corrected chi connectivity index (χ4v) is 3.03. The van der Waals surface area contributed by atoms with Crippen molar-refractivity contribution in [2.75, 3.05) is 6.61 Å². The highest BCUT2D eigenvalue weighted by Crippen LogP contribution is 2.37. The van der Waals surface area contributed by atoms with E-state index in [1.165, 1.54) is 32.1 Å². The molecule has 1 heterocycles. The lowest BCUT2D eigenvalue weighted by Gasteiger charge is -2.36. The zero-order valence-corrected chi connectivity index (χ0v) is 9.65. The van der Waals surface area contributed by atoms with Crippen LogP contribution in [0.4, 0.5) is 0 Å². The van der Waals surface area contributed by atoms with Gasteiger partial charge in [-0.25, -0.2) is 0 Å². The Morgan fingerprint density at radius 1 is 1.00 bits per heavy atom. The summed E-state index contributed by atoms with van der Waals surface area (Å²) in [4.78, 5) is 10.6. The molecule has 2 heteroatoms. The summed E-state index contributed by atoms with van der Waals surface area (Å²) in [5.74, 6) is 2.52. The summed E-state index contributed by atoms with van der Waals surface area (Å²) in [6.45, 7) is 3.18. The maximum atomic E-state index is 10.6. The Labute approximate surface area is 92.4 Å². The lowest BCUT2D eigenvalue weighted by molar-refractivity contribution is -0.124. The Bertz CT molecular complexity index is 199. The second-order valence-corrected chi connectivity index (χ2v) is 5.37. The van der Waals surface area contributed by atoms with E-state index in [0.717, 1.165) is 37.1 Å². The van der Waals surface area contributed by atoms with Gasteiger partial charge in [0, 0.05) is 0 Å². The van der Waals surface area contributed by atoms with Crippen molar-refractivity contribution < 1.29 is 9.53 Å². The topological polar surface area (TPSA) is 26.3 Å². The molecule has 0 aromatic rings. The van der Waals surface area contributed by atoms with Crippen LogP contribution in [0, 0.1) is 17.8 Å². The molecule has 2 nitrogen and oxygen atoms in total. The molecule has 0 N–H and O–H groups in total. The molecular formula is C13H22O2. The summed E-state index contributed by atoms with van der Waals surface area (Å²) in [5.41, 5.74) is 0. The molecule has 1 saturated heterocycles. The van der Waals surface area contributed by atoms with Gasteiger partial charge >= 0.3 is 0 Å². The highest BCUT2D eigenvalue weighted by atomic mass is 16.5. The number of rotatable bonds is 2. The minimum atomic E-state index is -0.108. The van der Waals surface area contributed by atoms with E-state index in [9.17, 15) is 4.79 Å². The first kappa shape index (κ1) is 11.1. The van der Waals surface area contributed by atoms with Crippen LogP contribution < -0.4 is 0 Å². The molecule has 1 aliphatic heterocycles. The fraction of sp³-hybridized carbons (Fsp3) is 0.923. The number of aldehydes is 1. The van der Waals surface area contributed by atoms with E-state index in [4.69, 9.17) is 4.74 Å². The van der Waals surface area contributed by atoms with Gasteiger partial charge in [-0.3, -0.25) is 0 Å². The zero-order chi connectivity index (χ0) is 10.7. The SMILES string of the molecule is CC1CCC(C2CCC(C=O)OC2)CC1. The summed E-state index contributed by atoms with van der Waals surface area (Å²) in [6.07, 6.45) is 8.52. The van der Waals surface area contributed by atoms with Crippen molar-refractivity contribution in [2.45, 2.75) is 51.6 Å². The third kappa shape index (κ3) is 2.81. The highest BCUT2D eigenvalue weighted by molar-refractivity contribution is 5.55. The third-order valence-electron chi connectivity index (χ3n) is 4.23. The zero-order valence-electron chi connectivity index (χ0n) is 9.65. The van der Waals surface area contributed by atoms with Crippen molar-refractivity contribution >= 4 is 6.29 Å². The summed E-state index contributed by atoms with van der Waals surface area (Å²) in [5, 5.41) is 0. The molecule has 0 amide bonds. The molecule has 2 rings (SSSR count). The second-order valence-electron chi connectivity index (χ2n) is 5.37. The standard InChI is InChI=1S/C13H22O2/c1-10-2-4-11(5-3-10)12-6-7-13(8-14)15-9-12/h8,10-13H,2-7,9H2,1H3. The number of carbonyl (C=O) groups excluding carboxylic acids is 1. The van der Waals surface area contributed by atoms with E-state index in [0.29, 0.717) is 0 Å². The largest absolute Gasteiger partial charge is 0.370 e. The van der Waals surface area contributed by atoms with E-state index in [2.05, 4.69) is 6.92 Å². The first-order chi connectivity index (χ1) is 7.29. The highest BCUT2D eigenvalue weighted by Gasteiger charge is 2.30. The van der Waals surface area contributed by atoms with Crippen LogP contribution in [-0.2, 0) is 9.53 Å². The van der Waals surface area contributed by atoms with Gasteiger partial charge in [-0.2, -0.15) is 0 Å². The Morgan fingerprint density at radius 3 is 2.20 bits per heavy atom. The van der Waals surface area contributed by atoms with Crippen LogP contribution in [0.2, 0.25) is 0 Å². The molecule has 0 aromatic carbocycles. The van der Waals surface area contributed by atoms with Crippen molar-refractivity contribution in [3.8, 4) is 0 Å². The predicted molar refractivity (Wildman–Crippen MR) is 59.7 cm³/mol. The van der Waals surface area contributed by atoms with Crippen LogP contribution in [0.3, 0.4) is 0 Å². The number of hydrogen-bond acceptors (Lipinski definition) is 2. The molecular weight excluding hydrogens is 188 g/mol. The number of hydrogen-bond donors (Lipinski definition) is 0. The number of ether oxygens (including phenoxy) is 1. The van der Waals surface area contributed by atoms with Gasteiger partial charge in [-0.05, 0) is 43.4 Å². The van der Waals surface area contributed by atoms with Gasteiger partial charge in [-0.15, -0.1) is 0 Å². The van der Waals surface area contributed by atoms with E-state index >= 15 is 0 Å². The average Bonchev–Trinajstić information content (AvgIpc) is 2.30. The molecule has 2 atom stereocenters. The maximum Gasteiger partial charge on any atom is 0.148 e. The molecule has 0 spiro atoms. The van der Waals surface area contributed by atoms with Crippen LogP contribution in [0.5, 0.6) is 0 Å². The van der Waals surface area contributed by atoms with Crippen LogP contribution >= 0.6 is 0 Å². The van der Waals surface area contributed by atoms with Crippen molar-refractivity contribution in [1.29, 1.82) is 0 Å². The van der Waals surface area contributed by atoms with Gasteiger partial charge in [0.2, 0.25) is 0 Å². The van der Waals surface area contributed by atoms with Gasteiger partial charge in [0.25, 0.3) is 0 Å². The average molecular weight is 210 g/mol. The molecule has 2 aliphatic rings. The van der Waals surface area contributed by atoms with E-state index < -0.39 is 0 Å². The lowest BCUT2D eigenvalue weighted by Crippen LogP contribution is -2.32. The molecule has 2 fully saturated rings. The van der Waals surface area contributed by atoms with Crippen molar-refractivity contribution in [2.24, 2.45) is 17.8 Å². The van der Waals surface area contributed by atoms with Gasteiger partial charge in [0.15, 0.2) is 0 Å². The summed E-state index contributed by atoms with van der Waals surface area (Å²) in [7, 11) is 0. The van der Waals surface area contributed by atoms with Crippen LogP contribution in [0.1, 0.15) is 45.4 Å². The van der Waals surface area contributed by atoms with Crippen LogP contribution in [-0.4, -0.2) is 19.0 Å². The molecule has 2 unspecified atom stereocenters. The first-order valence-corrected chi connectivity index (χ1v) is 6.36. The monoisotopic (exact) mass is 210 g/mol. The smallest absolute Gasteiger partial charge is 0.148 e. The normalized spacial score (nSPS) is 42.5. The Morgan fingerprint density at radius 2 is 1.67 bits per heavy atom. The van der Waals surface area contributed by atoms with E-state index in [1.54, 1.807) is 0 Å². The van der Waals surface area contributed by atoms with E-state index in [1.807, 2.05) is 0 Å². The van der Waals surface area contributed by atoms with Gasteiger partial charge < -0.3 is 9.53 Å². The quantitative estimate of drug-likeness (QED) is 0.655. The summed E-state index contributed by atoms with van der Waals surface area (Å²) < 4.78 is 5.55. The molecule has 15 heavy (non-hydrogen) atoms.